The van der Waals surface area contributed by atoms with E-state index < -0.39 is 0 Å². The zero-order chi connectivity index (χ0) is 25.6. The van der Waals surface area contributed by atoms with Gasteiger partial charge in [0.1, 0.15) is 6.10 Å². The summed E-state index contributed by atoms with van der Waals surface area (Å²) in [6.45, 7) is 11.5. The molecule has 0 radical (unpaired) electrons. The second-order valence-corrected chi connectivity index (χ2v) is 12.5. The molecule has 37 heavy (non-hydrogen) atoms. The lowest BCUT2D eigenvalue weighted by Gasteiger charge is -2.50. The number of piperazine rings is 1. The Morgan fingerprint density at radius 1 is 1.05 bits per heavy atom. The van der Waals surface area contributed by atoms with Crippen molar-refractivity contribution in [1.82, 2.24) is 9.80 Å². The lowest BCUT2D eigenvalue weighted by molar-refractivity contribution is -0.146. The molecule has 4 fully saturated rings. The Hall–Kier alpha value is -2.14. The summed E-state index contributed by atoms with van der Waals surface area (Å²) in [6.07, 6.45) is 5.79. The smallest absolute Gasteiger partial charge is 0.310 e. The molecular formula is C32H39ClN2O2. The van der Waals surface area contributed by atoms with E-state index in [2.05, 4.69) is 65.8 Å². The average molecular weight is 519 g/mol. The summed E-state index contributed by atoms with van der Waals surface area (Å²) in [5.41, 5.74) is 4.24. The third kappa shape index (κ3) is 4.89. The molecule has 6 atom stereocenters. The molecule has 2 saturated heterocycles. The quantitative estimate of drug-likeness (QED) is 0.340. The fraction of sp³-hybridized carbons (Fsp3) is 0.531. The number of esters is 1. The minimum atomic E-state index is -0.00277. The van der Waals surface area contributed by atoms with Crippen LogP contribution in [0, 0.1) is 23.2 Å². The largest absolute Gasteiger partial charge is 0.462 e. The molecule has 5 heteroatoms. The van der Waals surface area contributed by atoms with Crippen LogP contribution in [0.4, 0.5) is 0 Å². The van der Waals surface area contributed by atoms with Gasteiger partial charge in [-0.05, 0) is 66.7 Å². The molecule has 0 N–H and O–H groups in total. The molecule has 6 rings (SSSR count). The number of benzene rings is 2. The van der Waals surface area contributed by atoms with E-state index in [9.17, 15) is 4.79 Å². The third-order valence-corrected chi connectivity index (χ3v) is 10.1. The molecular weight excluding hydrogens is 480 g/mol. The van der Waals surface area contributed by atoms with Gasteiger partial charge in [0.15, 0.2) is 0 Å². The molecule has 0 spiro atoms. The van der Waals surface area contributed by atoms with E-state index in [0.717, 1.165) is 57.0 Å². The SMILES string of the molecule is C=C1CCC[C@]2(C)C[C@H]3OC(=O)[C@H](CN4CCN([C@H](c5ccccc5)c5ccc(Cl)cc5)CC4)[C@@H]3C[C@@H]12. The van der Waals surface area contributed by atoms with E-state index in [1.807, 2.05) is 12.1 Å². The number of ether oxygens (including phenoxy) is 1. The Morgan fingerprint density at radius 2 is 1.76 bits per heavy atom. The zero-order valence-corrected chi connectivity index (χ0v) is 22.7. The van der Waals surface area contributed by atoms with Crippen molar-refractivity contribution in [3.8, 4) is 0 Å². The van der Waals surface area contributed by atoms with Crippen molar-refractivity contribution in [1.29, 1.82) is 0 Å². The van der Waals surface area contributed by atoms with Crippen molar-refractivity contribution >= 4 is 17.6 Å². The predicted molar refractivity (Wildman–Crippen MR) is 148 cm³/mol. The number of hydrogen-bond donors (Lipinski definition) is 0. The van der Waals surface area contributed by atoms with Crippen LogP contribution in [0.25, 0.3) is 0 Å². The first-order valence-corrected chi connectivity index (χ1v) is 14.4. The molecule has 4 nitrogen and oxygen atoms in total. The van der Waals surface area contributed by atoms with Gasteiger partial charge in [0.05, 0.1) is 12.0 Å². The van der Waals surface area contributed by atoms with E-state index in [1.54, 1.807) is 0 Å². The number of carbonyl (C=O) groups is 1. The van der Waals surface area contributed by atoms with Gasteiger partial charge in [0.25, 0.3) is 0 Å². The topological polar surface area (TPSA) is 32.8 Å². The van der Waals surface area contributed by atoms with Gasteiger partial charge in [0, 0.05) is 43.7 Å². The van der Waals surface area contributed by atoms with Crippen molar-refractivity contribution < 1.29 is 9.53 Å². The van der Waals surface area contributed by atoms with Crippen LogP contribution < -0.4 is 0 Å². The summed E-state index contributed by atoms with van der Waals surface area (Å²) in [7, 11) is 0. The number of hydrogen-bond acceptors (Lipinski definition) is 4. The minimum Gasteiger partial charge on any atom is -0.462 e. The Labute approximate surface area is 226 Å². The van der Waals surface area contributed by atoms with Gasteiger partial charge in [-0.1, -0.05) is 73.1 Å². The van der Waals surface area contributed by atoms with Crippen molar-refractivity contribution in [3.63, 3.8) is 0 Å². The van der Waals surface area contributed by atoms with Crippen LogP contribution in [0.15, 0.2) is 66.7 Å². The van der Waals surface area contributed by atoms with Crippen LogP contribution in [0.3, 0.4) is 0 Å². The van der Waals surface area contributed by atoms with Gasteiger partial charge >= 0.3 is 5.97 Å². The number of nitrogens with zero attached hydrogens (tertiary/aromatic N) is 2. The summed E-state index contributed by atoms with van der Waals surface area (Å²) in [5.74, 6) is 0.914. The van der Waals surface area contributed by atoms with Gasteiger partial charge in [-0.3, -0.25) is 14.6 Å². The highest BCUT2D eigenvalue weighted by Gasteiger charge is 2.55. The molecule has 2 aliphatic carbocycles. The van der Waals surface area contributed by atoms with Crippen molar-refractivity contribution in [2.24, 2.45) is 23.2 Å². The third-order valence-electron chi connectivity index (χ3n) is 9.85. The highest BCUT2D eigenvalue weighted by atomic mass is 35.5. The summed E-state index contributed by atoms with van der Waals surface area (Å²) >= 11 is 6.20. The first kappa shape index (κ1) is 25.2. The monoisotopic (exact) mass is 518 g/mol. The van der Waals surface area contributed by atoms with Crippen LogP contribution in [0.5, 0.6) is 0 Å². The molecule has 0 amide bonds. The standard InChI is InChI=1S/C32H39ClN2O2/c1-22-7-6-14-32(2)20-29-26(19-28(22)32)27(31(36)37-29)21-34-15-17-35(18-16-34)30(23-8-4-3-5-9-23)24-10-12-25(33)13-11-24/h3-5,8-13,26-30H,1,6-7,14-21H2,2H3/t26-,27+,28-,29+,30+,32+/m0/s1. The first-order chi connectivity index (χ1) is 17.9. The molecule has 0 bridgehead atoms. The lowest BCUT2D eigenvalue weighted by atomic mass is 9.55. The van der Waals surface area contributed by atoms with Gasteiger partial charge in [-0.25, -0.2) is 0 Å². The van der Waals surface area contributed by atoms with E-state index >= 15 is 0 Å². The molecule has 2 heterocycles. The number of halogens is 1. The van der Waals surface area contributed by atoms with Crippen LogP contribution in [-0.4, -0.2) is 54.6 Å². The molecule has 2 aliphatic heterocycles. The molecule has 4 aliphatic rings. The maximum Gasteiger partial charge on any atom is 0.310 e. The van der Waals surface area contributed by atoms with E-state index in [1.165, 1.54) is 29.5 Å². The Morgan fingerprint density at radius 3 is 2.49 bits per heavy atom. The molecule has 2 saturated carbocycles. The molecule has 0 unspecified atom stereocenters. The van der Waals surface area contributed by atoms with Gasteiger partial charge in [-0.15, -0.1) is 0 Å². The second-order valence-electron chi connectivity index (χ2n) is 12.1. The molecule has 2 aromatic rings. The number of rotatable bonds is 5. The van der Waals surface area contributed by atoms with Gasteiger partial charge < -0.3 is 4.74 Å². The van der Waals surface area contributed by atoms with Crippen LogP contribution in [0.1, 0.15) is 56.2 Å². The molecule has 196 valence electrons. The van der Waals surface area contributed by atoms with Gasteiger partial charge in [-0.2, -0.15) is 0 Å². The lowest BCUT2D eigenvalue weighted by Crippen LogP contribution is -2.50. The highest BCUT2D eigenvalue weighted by Crippen LogP contribution is 2.57. The van der Waals surface area contributed by atoms with Crippen LogP contribution in [-0.2, 0) is 9.53 Å². The second kappa shape index (κ2) is 10.2. The Balaban J connectivity index is 1.13. The fourth-order valence-electron chi connectivity index (χ4n) is 7.84. The Bertz CT molecular complexity index is 1130. The summed E-state index contributed by atoms with van der Waals surface area (Å²) in [5, 5.41) is 0.766. The number of carbonyl (C=O) groups excluding carboxylic acids is 1. The van der Waals surface area contributed by atoms with Crippen molar-refractivity contribution in [2.45, 2.75) is 51.2 Å². The molecule has 2 aromatic carbocycles. The normalized spacial score (nSPS) is 33.5. The Kier molecular flexibility index (Phi) is 6.94. The van der Waals surface area contributed by atoms with Crippen LogP contribution >= 0.6 is 11.6 Å². The van der Waals surface area contributed by atoms with E-state index in [4.69, 9.17) is 16.3 Å². The minimum absolute atomic E-state index is 0.00277. The van der Waals surface area contributed by atoms with E-state index in [-0.39, 0.29) is 29.4 Å². The van der Waals surface area contributed by atoms with Crippen molar-refractivity contribution in [2.75, 3.05) is 32.7 Å². The average Bonchev–Trinajstić information content (AvgIpc) is 3.19. The van der Waals surface area contributed by atoms with Crippen molar-refractivity contribution in [3.05, 3.63) is 82.9 Å². The predicted octanol–water partition coefficient (Wildman–Crippen LogP) is 6.36. The summed E-state index contributed by atoms with van der Waals surface area (Å²) < 4.78 is 6.04. The van der Waals surface area contributed by atoms with Crippen LogP contribution in [0.2, 0.25) is 5.02 Å². The van der Waals surface area contributed by atoms with E-state index in [0.29, 0.717) is 11.8 Å². The first-order valence-electron chi connectivity index (χ1n) is 14.1. The molecule has 0 aromatic heterocycles. The maximum atomic E-state index is 13.1. The summed E-state index contributed by atoms with van der Waals surface area (Å²) in [6, 6.07) is 19.2. The highest BCUT2D eigenvalue weighted by molar-refractivity contribution is 6.30. The maximum absolute atomic E-state index is 13.1. The fourth-order valence-corrected chi connectivity index (χ4v) is 7.97. The van der Waals surface area contributed by atoms with Gasteiger partial charge in [0.2, 0.25) is 0 Å². The number of allylic oxidation sites excluding steroid dienone is 1. The summed E-state index contributed by atoms with van der Waals surface area (Å²) in [4.78, 5) is 18.2. The zero-order valence-electron chi connectivity index (χ0n) is 21.9. The number of fused-ring (bicyclic) bond motifs is 2.